The molecule has 6 heteroatoms. The summed E-state index contributed by atoms with van der Waals surface area (Å²) in [6.45, 7) is -0.146. The van der Waals surface area contributed by atoms with E-state index in [1.807, 2.05) is 0 Å². The van der Waals surface area contributed by atoms with Gasteiger partial charge in [0.05, 0.1) is 4.90 Å². The summed E-state index contributed by atoms with van der Waals surface area (Å²) in [6, 6.07) is 6.03. The van der Waals surface area contributed by atoms with E-state index in [1.54, 1.807) is 12.1 Å². The van der Waals surface area contributed by atoms with E-state index >= 15 is 0 Å². The summed E-state index contributed by atoms with van der Waals surface area (Å²) in [7, 11) is -4.17. The van der Waals surface area contributed by atoms with Gasteiger partial charge in [-0.05, 0) is 18.1 Å². The van der Waals surface area contributed by atoms with Crippen LogP contribution in [0.4, 0.5) is 0 Å². The molecule has 2 N–H and O–H groups in total. The zero-order chi connectivity index (χ0) is 9.90. The zero-order valence-corrected chi connectivity index (χ0v) is 7.66. The molecular weight excluding hydrogens is 215 g/mol. The van der Waals surface area contributed by atoms with Crippen LogP contribution in [0.2, 0.25) is 0 Å². The maximum absolute atomic E-state index is 10.8. The third-order valence-electron chi connectivity index (χ3n) is 1.63. The van der Waals surface area contributed by atoms with E-state index in [1.165, 1.54) is 12.1 Å². The molecular formula is C8H11NaO4S. The molecule has 0 unspecified atom stereocenters. The summed E-state index contributed by atoms with van der Waals surface area (Å²) < 4.78 is 30.4. The fourth-order valence-corrected chi connectivity index (χ4v) is 1.83. The molecule has 0 saturated heterocycles. The van der Waals surface area contributed by atoms with Crippen molar-refractivity contribution in [2.45, 2.75) is 11.3 Å². The van der Waals surface area contributed by atoms with E-state index in [0.29, 0.717) is 5.56 Å². The van der Waals surface area contributed by atoms with E-state index in [9.17, 15) is 8.42 Å². The number of hydrogen-bond donors (Lipinski definition) is 2. The molecule has 1 rings (SSSR count). The van der Waals surface area contributed by atoms with Crippen LogP contribution in [0.15, 0.2) is 29.2 Å². The molecule has 1 aromatic rings. The number of aliphatic hydroxyl groups is 1. The van der Waals surface area contributed by atoms with E-state index < -0.39 is 10.1 Å². The number of hydrogen-bond acceptors (Lipinski definition) is 3. The average Bonchev–Trinajstić information content (AvgIpc) is 2.04. The van der Waals surface area contributed by atoms with Crippen molar-refractivity contribution in [3.05, 3.63) is 29.8 Å². The van der Waals surface area contributed by atoms with Crippen LogP contribution in [0.1, 0.15) is 5.56 Å². The van der Waals surface area contributed by atoms with Gasteiger partial charge in [0.15, 0.2) is 0 Å². The van der Waals surface area contributed by atoms with Gasteiger partial charge in [-0.15, -0.1) is 0 Å². The Balaban J connectivity index is 0.00000169. The van der Waals surface area contributed by atoms with E-state index in [0.717, 1.165) is 0 Å². The summed E-state index contributed by atoms with van der Waals surface area (Å²) in [4.78, 5) is -0.135. The van der Waals surface area contributed by atoms with Crippen molar-refractivity contribution in [1.82, 2.24) is 0 Å². The van der Waals surface area contributed by atoms with Gasteiger partial charge in [0, 0.05) is 6.61 Å². The van der Waals surface area contributed by atoms with Gasteiger partial charge in [0.25, 0.3) is 10.1 Å². The van der Waals surface area contributed by atoms with Crippen molar-refractivity contribution >= 4 is 39.7 Å². The van der Waals surface area contributed by atoms with Crippen molar-refractivity contribution < 1.29 is 18.1 Å². The molecule has 1 aromatic carbocycles. The average molecular weight is 226 g/mol. The van der Waals surface area contributed by atoms with Crippen LogP contribution in [0.25, 0.3) is 0 Å². The van der Waals surface area contributed by atoms with Gasteiger partial charge in [-0.1, -0.05) is 18.2 Å². The Bertz CT molecular complexity index is 388. The minimum absolute atomic E-state index is 0. The third kappa shape index (κ3) is 3.68. The Hall–Kier alpha value is 0.0900. The SMILES string of the molecule is O=S(=O)(O)c1ccccc1CCO.[NaH]. The predicted molar refractivity (Wildman–Crippen MR) is 54.2 cm³/mol. The van der Waals surface area contributed by atoms with E-state index in [-0.39, 0.29) is 47.5 Å². The number of aliphatic hydroxyl groups excluding tert-OH is 1. The van der Waals surface area contributed by atoms with Gasteiger partial charge in [-0.3, -0.25) is 4.55 Å². The molecule has 0 aliphatic carbocycles. The third-order valence-corrected chi connectivity index (χ3v) is 2.59. The van der Waals surface area contributed by atoms with Crippen LogP contribution in [-0.2, 0) is 16.5 Å². The zero-order valence-electron chi connectivity index (χ0n) is 6.84. The fraction of sp³-hybridized carbons (Fsp3) is 0.250. The van der Waals surface area contributed by atoms with Crippen LogP contribution in [0, 0.1) is 0 Å². The molecule has 0 aromatic heterocycles. The normalized spacial score (nSPS) is 10.7. The van der Waals surface area contributed by atoms with Crippen LogP contribution in [0.5, 0.6) is 0 Å². The predicted octanol–water partition coefficient (Wildman–Crippen LogP) is -0.180. The molecule has 4 nitrogen and oxygen atoms in total. The molecule has 14 heavy (non-hydrogen) atoms. The first-order chi connectivity index (χ1) is 6.05. The Morgan fingerprint density at radius 2 is 1.79 bits per heavy atom. The van der Waals surface area contributed by atoms with Gasteiger partial charge >= 0.3 is 29.6 Å². The first kappa shape index (κ1) is 14.1. The van der Waals surface area contributed by atoms with Crippen LogP contribution < -0.4 is 0 Å². The Kier molecular flexibility index (Phi) is 5.88. The van der Waals surface area contributed by atoms with Gasteiger partial charge < -0.3 is 5.11 Å². The monoisotopic (exact) mass is 226 g/mol. The quantitative estimate of drug-likeness (QED) is 0.554. The van der Waals surface area contributed by atoms with Gasteiger partial charge in [0.2, 0.25) is 0 Å². The van der Waals surface area contributed by atoms with Crippen LogP contribution >= 0.6 is 0 Å². The molecule has 0 aliphatic heterocycles. The van der Waals surface area contributed by atoms with E-state index in [2.05, 4.69) is 0 Å². The second-order valence-electron chi connectivity index (χ2n) is 2.56. The van der Waals surface area contributed by atoms with Crippen LogP contribution in [-0.4, -0.2) is 54.2 Å². The summed E-state index contributed by atoms with van der Waals surface area (Å²) >= 11 is 0. The maximum atomic E-state index is 10.8. The Labute approximate surface area is 105 Å². The molecule has 0 atom stereocenters. The molecule has 0 fully saturated rings. The Morgan fingerprint density at radius 1 is 1.21 bits per heavy atom. The van der Waals surface area contributed by atoms with Crippen molar-refractivity contribution in [2.24, 2.45) is 0 Å². The summed E-state index contributed by atoms with van der Waals surface area (Å²) in [6.07, 6.45) is 0.218. The topological polar surface area (TPSA) is 74.6 Å². The Morgan fingerprint density at radius 3 is 2.29 bits per heavy atom. The second-order valence-corrected chi connectivity index (χ2v) is 3.95. The van der Waals surface area contributed by atoms with Crippen molar-refractivity contribution in [3.8, 4) is 0 Å². The molecule has 0 saturated carbocycles. The van der Waals surface area contributed by atoms with Crippen molar-refractivity contribution in [3.63, 3.8) is 0 Å². The summed E-state index contributed by atoms with van der Waals surface area (Å²) in [5, 5.41) is 8.63. The summed E-state index contributed by atoms with van der Waals surface area (Å²) in [5.74, 6) is 0. The molecule has 74 valence electrons. The molecule has 0 amide bonds. The van der Waals surface area contributed by atoms with Crippen molar-refractivity contribution in [1.29, 1.82) is 0 Å². The molecule has 0 radical (unpaired) electrons. The minimum atomic E-state index is -4.17. The summed E-state index contributed by atoms with van der Waals surface area (Å²) in [5.41, 5.74) is 0.424. The molecule has 0 bridgehead atoms. The molecule has 0 aliphatic rings. The second kappa shape index (κ2) is 5.85. The number of benzene rings is 1. The first-order valence-electron chi connectivity index (χ1n) is 3.72. The standard InChI is InChI=1S/C8H10O4S.Na.H/c9-6-5-7-3-1-2-4-8(7)13(10,11)12;;/h1-4,9H,5-6H2,(H,10,11,12);;. The first-order valence-corrected chi connectivity index (χ1v) is 5.16. The van der Waals surface area contributed by atoms with Gasteiger partial charge in [0.1, 0.15) is 0 Å². The number of rotatable bonds is 3. The van der Waals surface area contributed by atoms with Gasteiger partial charge in [-0.2, -0.15) is 8.42 Å². The van der Waals surface area contributed by atoms with Crippen molar-refractivity contribution in [2.75, 3.05) is 6.61 Å². The molecule has 0 heterocycles. The fourth-order valence-electron chi connectivity index (χ4n) is 1.08. The molecule has 0 spiro atoms. The van der Waals surface area contributed by atoms with E-state index in [4.69, 9.17) is 9.66 Å². The van der Waals surface area contributed by atoms with Gasteiger partial charge in [-0.25, -0.2) is 0 Å². The van der Waals surface area contributed by atoms with Crippen LogP contribution in [0.3, 0.4) is 0 Å².